The second kappa shape index (κ2) is 8.44. The van der Waals surface area contributed by atoms with Crippen molar-refractivity contribution in [2.75, 3.05) is 0 Å². The van der Waals surface area contributed by atoms with Gasteiger partial charge in [-0.05, 0) is 12.1 Å². The minimum absolute atomic E-state index is 0.260. The molecule has 2 aliphatic rings. The van der Waals surface area contributed by atoms with Gasteiger partial charge in [-0.3, -0.25) is 0 Å². The third kappa shape index (κ3) is 3.14. The minimum Gasteiger partial charge on any atom is -0.352 e. The lowest BCUT2D eigenvalue weighted by Gasteiger charge is -1.99. The van der Waals surface area contributed by atoms with Crippen molar-refractivity contribution in [2.45, 2.75) is 0 Å². The lowest BCUT2D eigenvalue weighted by molar-refractivity contribution is 0.638. The van der Waals surface area contributed by atoms with E-state index in [1.807, 2.05) is 109 Å². The van der Waals surface area contributed by atoms with Crippen molar-refractivity contribution in [3.05, 3.63) is 121 Å². The third-order valence-corrected chi connectivity index (χ3v) is 8.29. The van der Waals surface area contributed by atoms with E-state index >= 15 is 8.78 Å². The molecule has 198 valence electrons. The van der Waals surface area contributed by atoms with E-state index in [1.165, 1.54) is 0 Å². The Bertz CT molecular complexity index is 2280. The van der Waals surface area contributed by atoms with Crippen molar-refractivity contribution in [1.82, 2.24) is 19.9 Å². The Morgan fingerprint density at radius 1 is 0.429 bits per heavy atom. The molecule has 0 saturated carbocycles. The predicted molar refractivity (Wildman–Crippen MR) is 165 cm³/mol. The van der Waals surface area contributed by atoms with Crippen LogP contribution < -0.4 is 0 Å². The van der Waals surface area contributed by atoms with Crippen molar-refractivity contribution >= 4 is 43.6 Å². The van der Waals surface area contributed by atoms with Crippen LogP contribution in [0, 0.1) is 11.6 Å². The molecule has 4 aromatic carbocycles. The van der Waals surface area contributed by atoms with Gasteiger partial charge in [0.05, 0.1) is 22.4 Å². The number of nitrogens with one attached hydrogen (secondary N) is 2. The Kier molecular flexibility index (Phi) is 4.65. The number of fused-ring (bicyclic) bond motifs is 20. The number of benzene rings is 4. The molecule has 9 rings (SSSR count). The average Bonchev–Trinajstić information content (AvgIpc) is 3.79. The van der Waals surface area contributed by atoms with Crippen molar-refractivity contribution in [3.8, 4) is 45.0 Å². The van der Waals surface area contributed by atoms with Crippen LogP contribution in [0.15, 0.2) is 109 Å². The maximum atomic E-state index is 16.7. The van der Waals surface area contributed by atoms with Crippen LogP contribution in [0.4, 0.5) is 8.78 Å². The van der Waals surface area contributed by atoms with E-state index < -0.39 is 11.6 Å². The van der Waals surface area contributed by atoms with Crippen LogP contribution in [0.25, 0.3) is 88.6 Å². The van der Waals surface area contributed by atoms with Crippen LogP contribution in [-0.2, 0) is 0 Å². The molecule has 5 heterocycles. The van der Waals surface area contributed by atoms with Crippen LogP contribution in [0.2, 0.25) is 0 Å². The first kappa shape index (κ1) is 23.1. The average molecular weight is 547 g/mol. The van der Waals surface area contributed by atoms with E-state index in [9.17, 15) is 0 Å². The van der Waals surface area contributed by atoms with Gasteiger partial charge in [0.25, 0.3) is 0 Å². The molecule has 0 aliphatic carbocycles. The molecule has 0 unspecified atom stereocenters. The standard InChI is InChI=1S/C36H20F2N4/c37-31-33-23-13-5-1-9-19(23)27(39-33)17-28-20-10-2-6-14-24(20)35(40-28)32(38)36-26-16-8-4-12-22(26)30(42-36)18-29-21-11-3-7-15-25(21)34(31)41-29/h1-18,39,42H. The lowest BCUT2D eigenvalue weighted by atomic mass is 10.0. The summed E-state index contributed by atoms with van der Waals surface area (Å²) in [5.41, 5.74) is 6.83. The zero-order valence-electron chi connectivity index (χ0n) is 22.0. The van der Waals surface area contributed by atoms with Crippen molar-refractivity contribution in [3.63, 3.8) is 0 Å². The Morgan fingerprint density at radius 3 is 1.21 bits per heavy atom. The summed E-state index contributed by atoms with van der Waals surface area (Å²) < 4.78 is 33.3. The molecule has 8 bridgehead atoms. The Labute approximate surface area is 238 Å². The van der Waals surface area contributed by atoms with Gasteiger partial charge in [-0.15, -0.1) is 0 Å². The summed E-state index contributed by atoms with van der Waals surface area (Å²) in [5, 5.41) is 3.15. The highest BCUT2D eigenvalue weighted by atomic mass is 19.1. The molecule has 0 saturated heterocycles. The summed E-state index contributed by atoms with van der Waals surface area (Å²) in [6, 6.07) is 34.3. The summed E-state index contributed by atoms with van der Waals surface area (Å²) in [6.45, 7) is 0. The molecule has 4 nitrogen and oxygen atoms in total. The van der Waals surface area contributed by atoms with E-state index in [-0.39, 0.29) is 11.4 Å². The normalized spacial score (nSPS) is 12.0. The van der Waals surface area contributed by atoms with Crippen LogP contribution in [0.5, 0.6) is 0 Å². The molecule has 0 amide bonds. The highest BCUT2D eigenvalue weighted by molar-refractivity contribution is 6.10. The molecule has 3 aromatic heterocycles. The highest BCUT2D eigenvalue weighted by Gasteiger charge is 2.24. The number of aromatic nitrogens is 4. The van der Waals surface area contributed by atoms with Crippen molar-refractivity contribution in [1.29, 1.82) is 0 Å². The van der Waals surface area contributed by atoms with E-state index in [1.54, 1.807) is 0 Å². The largest absolute Gasteiger partial charge is 0.352 e. The van der Waals surface area contributed by atoms with Gasteiger partial charge < -0.3 is 9.97 Å². The molecule has 2 N–H and O–H groups in total. The Morgan fingerprint density at radius 2 is 0.786 bits per heavy atom. The first-order valence-electron chi connectivity index (χ1n) is 13.7. The molecular formula is C36H20F2N4. The quantitative estimate of drug-likeness (QED) is 0.199. The molecule has 7 aromatic rings. The Hall–Kier alpha value is -5.62. The molecule has 6 heteroatoms. The molecule has 42 heavy (non-hydrogen) atoms. The van der Waals surface area contributed by atoms with Gasteiger partial charge in [-0.1, -0.05) is 97.1 Å². The second-order valence-electron chi connectivity index (χ2n) is 10.6. The van der Waals surface area contributed by atoms with Crippen LogP contribution in [-0.4, -0.2) is 19.9 Å². The molecule has 0 fully saturated rings. The zero-order chi connectivity index (χ0) is 27.9. The summed E-state index contributed by atoms with van der Waals surface area (Å²) in [6.07, 6.45) is 0. The maximum Gasteiger partial charge on any atom is 0.173 e. The number of H-pyrrole nitrogens is 2. The predicted octanol–water partition coefficient (Wildman–Crippen LogP) is 9.57. The zero-order valence-corrected chi connectivity index (χ0v) is 22.0. The van der Waals surface area contributed by atoms with Gasteiger partial charge >= 0.3 is 0 Å². The topological polar surface area (TPSA) is 57.4 Å². The third-order valence-electron chi connectivity index (χ3n) is 8.29. The fourth-order valence-corrected chi connectivity index (χ4v) is 6.36. The fourth-order valence-electron chi connectivity index (χ4n) is 6.36. The summed E-state index contributed by atoms with van der Waals surface area (Å²) >= 11 is 0. The molecule has 0 spiro atoms. The van der Waals surface area contributed by atoms with Gasteiger partial charge in [0.1, 0.15) is 11.4 Å². The fraction of sp³-hybridized carbons (Fsp3) is 0. The first-order chi connectivity index (χ1) is 20.7. The second-order valence-corrected chi connectivity index (χ2v) is 10.6. The highest BCUT2D eigenvalue weighted by Crippen LogP contribution is 2.42. The van der Waals surface area contributed by atoms with Crippen molar-refractivity contribution < 1.29 is 8.78 Å². The van der Waals surface area contributed by atoms with Gasteiger partial charge in [-0.2, -0.15) is 0 Å². The van der Waals surface area contributed by atoms with Crippen LogP contribution >= 0.6 is 0 Å². The molecule has 0 atom stereocenters. The molecule has 0 radical (unpaired) electrons. The number of hydrogen-bond donors (Lipinski definition) is 2. The number of halogens is 2. The maximum absolute atomic E-state index is 16.7. The van der Waals surface area contributed by atoms with E-state index in [4.69, 9.17) is 9.97 Å². The lowest BCUT2D eigenvalue weighted by Crippen LogP contribution is -1.83. The number of aromatic amines is 2. The van der Waals surface area contributed by atoms with Crippen LogP contribution in [0.1, 0.15) is 0 Å². The summed E-state index contributed by atoms with van der Waals surface area (Å²) in [4.78, 5) is 16.3. The van der Waals surface area contributed by atoms with Gasteiger partial charge in [0.15, 0.2) is 11.6 Å². The van der Waals surface area contributed by atoms with E-state index in [0.717, 1.165) is 32.7 Å². The molecule has 2 aliphatic heterocycles. The number of nitrogens with zero attached hydrogens (tertiary/aromatic N) is 2. The van der Waals surface area contributed by atoms with Gasteiger partial charge in [-0.25, -0.2) is 18.7 Å². The Balaban J connectivity index is 1.56. The number of rotatable bonds is 0. The SMILES string of the molecule is Fc1c2nc(cc3[nH]c(c(F)c4nc(cc5[nH]c1c1ccccc51)-c1ccccc1-4)c1ccccc31)-c1ccccc1-2. The summed E-state index contributed by atoms with van der Waals surface area (Å²) in [5.74, 6) is -0.877. The first-order valence-corrected chi connectivity index (χ1v) is 13.7. The smallest absolute Gasteiger partial charge is 0.173 e. The summed E-state index contributed by atoms with van der Waals surface area (Å²) in [7, 11) is 0. The molecular weight excluding hydrogens is 526 g/mol. The van der Waals surface area contributed by atoms with E-state index in [2.05, 4.69) is 9.97 Å². The van der Waals surface area contributed by atoms with E-state index in [0.29, 0.717) is 44.6 Å². The van der Waals surface area contributed by atoms with Crippen molar-refractivity contribution in [2.24, 2.45) is 0 Å². The van der Waals surface area contributed by atoms with Gasteiger partial charge in [0, 0.05) is 54.8 Å². The van der Waals surface area contributed by atoms with Crippen LogP contribution in [0.3, 0.4) is 0 Å². The monoisotopic (exact) mass is 546 g/mol. The number of hydrogen-bond acceptors (Lipinski definition) is 2. The van der Waals surface area contributed by atoms with Gasteiger partial charge in [0.2, 0.25) is 0 Å². The minimum atomic E-state index is -0.439.